The second kappa shape index (κ2) is 7.16. The first-order chi connectivity index (χ1) is 13.3. The van der Waals surface area contributed by atoms with E-state index in [2.05, 4.69) is 4.98 Å². The summed E-state index contributed by atoms with van der Waals surface area (Å²) in [6, 6.07) is 7.21. The second-order valence-electron chi connectivity index (χ2n) is 6.83. The van der Waals surface area contributed by atoms with E-state index in [1.807, 2.05) is 0 Å². The zero-order valence-corrected chi connectivity index (χ0v) is 15.8. The van der Waals surface area contributed by atoms with E-state index in [0.29, 0.717) is 17.3 Å². The summed E-state index contributed by atoms with van der Waals surface area (Å²) in [7, 11) is -3.48. The van der Waals surface area contributed by atoms with Gasteiger partial charge in [-0.2, -0.15) is 26.3 Å². The van der Waals surface area contributed by atoms with Gasteiger partial charge < -0.3 is 0 Å². The maximum absolute atomic E-state index is 13.3. The average molecular weight is 435 g/mol. The Morgan fingerprint density at radius 3 is 1.93 bits per heavy atom. The number of hydrogen-bond donors (Lipinski definition) is 0. The van der Waals surface area contributed by atoms with Crippen LogP contribution in [0, 0.1) is 5.92 Å². The number of hydrogen-bond acceptors (Lipinski definition) is 3. The Morgan fingerprint density at radius 2 is 1.48 bits per heavy atom. The topological polar surface area (TPSA) is 47.0 Å². The molecule has 29 heavy (non-hydrogen) atoms. The van der Waals surface area contributed by atoms with Crippen LogP contribution in [0.25, 0.3) is 11.1 Å². The second-order valence-corrected chi connectivity index (χ2v) is 8.85. The monoisotopic (exact) mass is 435 g/mol. The van der Waals surface area contributed by atoms with Crippen LogP contribution in [0.15, 0.2) is 47.5 Å². The lowest BCUT2D eigenvalue weighted by molar-refractivity contribution is -0.170. The van der Waals surface area contributed by atoms with Crippen molar-refractivity contribution in [2.45, 2.75) is 30.1 Å². The standard InChI is InChI=1S/C19H15F6NO2S/c1-29(27,28)14-5-2-11(3-6-14)15-8-13(19(23,24)25)9-16(15)17-7-4-12(10-26-17)18(20,21)22/h2-7,10,13H,8-9H2,1H3. The fourth-order valence-corrected chi connectivity index (χ4v) is 3.87. The summed E-state index contributed by atoms with van der Waals surface area (Å²) < 4.78 is 101. The summed E-state index contributed by atoms with van der Waals surface area (Å²) in [5, 5.41) is 0. The molecular weight excluding hydrogens is 420 g/mol. The van der Waals surface area contributed by atoms with Crippen LogP contribution in [0.1, 0.15) is 29.7 Å². The molecule has 1 aromatic heterocycles. The maximum atomic E-state index is 13.3. The number of pyridine rings is 1. The number of nitrogens with zero attached hydrogens (tertiary/aromatic N) is 1. The largest absolute Gasteiger partial charge is 0.417 e. The van der Waals surface area contributed by atoms with Gasteiger partial charge in [-0.3, -0.25) is 4.98 Å². The SMILES string of the molecule is CS(=O)(=O)c1ccc(C2=C(c3ccc(C(F)(F)F)cn3)CC(C(F)(F)F)C2)cc1. The van der Waals surface area contributed by atoms with Crippen LogP contribution in [0.5, 0.6) is 0 Å². The molecular formula is C19H15F6NO2S. The number of halogens is 6. The minimum atomic E-state index is -4.60. The van der Waals surface area contributed by atoms with E-state index in [0.717, 1.165) is 18.4 Å². The van der Waals surface area contributed by atoms with Gasteiger partial charge in [0, 0.05) is 12.5 Å². The Balaban J connectivity index is 2.05. The van der Waals surface area contributed by atoms with Gasteiger partial charge in [0.05, 0.1) is 22.1 Å². The lowest BCUT2D eigenvalue weighted by atomic mass is 9.99. The molecule has 1 aromatic carbocycles. The van der Waals surface area contributed by atoms with Gasteiger partial charge >= 0.3 is 12.4 Å². The molecule has 0 aliphatic heterocycles. The third-order valence-corrected chi connectivity index (χ3v) is 5.89. The lowest BCUT2D eigenvalue weighted by Gasteiger charge is -2.14. The van der Waals surface area contributed by atoms with Gasteiger partial charge in [-0.1, -0.05) is 12.1 Å². The third kappa shape index (κ3) is 4.63. The minimum absolute atomic E-state index is 0.0152. The van der Waals surface area contributed by atoms with Crippen LogP contribution in [-0.4, -0.2) is 25.8 Å². The first-order valence-electron chi connectivity index (χ1n) is 8.39. The van der Waals surface area contributed by atoms with Crippen molar-refractivity contribution >= 4 is 21.0 Å². The molecule has 0 saturated carbocycles. The highest BCUT2D eigenvalue weighted by Crippen LogP contribution is 2.48. The summed E-state index contributed by atoms with van der Waals surface area (Å²) in [5.41, 5.74) is -0.0909. The summed E-state index contributed by atoms with van der Waals surface area (Å²) in [4.78, 5) is 3.75. The highest BCUT2D eigenvalue weighted by atomic mass is 32.2. The average Bonchev–Trinajstić information content (AvgIpc) is 3.06. The number of alkyl halides is 6. The van der Waals surface area contributed by atoms with E-state index in [9.17, 15) is 34.8 Å². The van der Waals surface area contributed by atoms with E-state index >= 15 is 0 Å². The number of rotatable bonds is 3. The molecule has 1 aliphatic rings. The molecule has 0 bridgehead atoms. The number of benzene rings is 1. The molecule has 0 saturated heterocycles. The number of sulfone groups is 1. The molecule has 0 N–H and O–H groups in total. The predicted molar refractivity (Wildman–Crippen MR) is 94.4 cm³/mol. The van der Waals surface area contributed by atoms with Crippen molar-refractivity contribution in [3.63, 3.8) is 0 Å². The summed E-state index contributed by atoms with van der Waals surface area (Å²) in [6.45, 7) is 0. The molecule has 1 aliphatic carbocycles. The third-order valence-electron chi connectivity index (χ3n) is 4.76. The molecule has 1 heterocycles. The predicted octanol–water partition coefficient (Wildman–Crippen LogP) is 5.39. The van der Waals surface area contributed by atoms with Crippen molar-refractivity contribution in [1.29, 1.82) is 0 Å². The van der Waals surface area contributed by atoms with Crippen LogP contribution in [0.2, 0.25) is 0 Å². The first kappa shape index (κ1) is 21.4. The van der Waals surface area contributed by atoms with Crippen LogP contribution < -0.4 is 0 Å². The van der Waals surface area contributed by atoms with Gasteiger partial charge in [-0.05, 0) is 53.8 Å². The minimum Gasteiger partial charge on any atom is -0.256 e. The van der Waals surface area contributed by atoms with Crippen molar-refractivity contribution < 1.29 is 34.8 Å². The Bertz CT molecular complexity index is 1040. The molecule has 0 spiro atoms. The maximum Gasteiger partial charge on any atom is 0.417 e. The number of allylic oxidation sites excluding steroid dienone is 2. The molecule has 156 valence electrons. The smallest absolute Gasteiger partial charge is 0.256 e. The Labute approximate surface area is 163 Å². The zero-order chi connectivity index (χ0) is 21.6. The normalized spacial score (nSPS) is 18.4. The fourth-order valence-electron chi connectivity index (χ4n) is 3.24. The molecule has 10 heteroatoms. The molecule has 2 aromatic rings. The van der Waals surface area contributed by atoms with Gasteiger partial charge in [0.25, 0.3) is 0 Å². The molecule has 0 amide bonds. The zero-order valence-electron chi connectivity index (χ0n) is 15.0. The van der Waals surface area contributed by atoms with Crippen molar-refractivity contribution in [3.8, 4) is 0 Å². The van der Waals surface area contributed by atoms with E-state index in [1.165, 1.54) is 24.3 Å². The van der Waals surface area contributed by atoms with Crippen molar-refractivity contribution in [2.75, 3.05) is 6.26 Å². The van der Waals surface area contributed by atoms with E-state index in [1.54, 1.807) is 0 Å². The number of aromatic nitrogens is 1. The molecule has 3 nitrogen and oxygen atoms in total. The van der Waals surface area contributed by atoms with Crippen molar-refractivity contribution in [1.82, 2.24) is 4.98 Å². The highest BCUT2D eigenvalue weighted by Gasteiger charge is 2.44. The Morgan fingerprint density at radius 1 is 0.897 bits per heavy atom. The summed E-state index contributed by atoms with van der Waals surface area (Å²) in [5.74, 6) is -1.69. The Hall–Kier alpha value is -2.36. The first-order valence-corrected chi connectivity index (χ1v) is 10.3. The van der Waals surface area contributed by atoms with E-state index < -0.39 is 40.1 Å². The van der Waals surface area contributed by atoms with Crippen LogP contribution in [0.3, 0.4) is 0 Å². The fraction of sp³-hybridized carbons (Fsp3) is 0.316. The van der Waals surface area contributed by atoms with Crippen molar-refractivity contribution in [2.24, 2.45) is 5.92 Å². The van der Waals surface area contributed by atoms with Crippen LogP contribution in [0.4, 0.5) is 26.3 Å². The van der Waals surface area contributed by atoms with Gasteiger partial charge in [0.2, 0.25) is 0 Å². The van der Waals surface area contributed by atoms with Gasteiger partial charge in [-0.25, -0.2) is 8.42 Å². The molecule has 3 rings (SSSR count). The van der Waals surface area contributed by atoms with E-state index in [4.69, 9.17) is 0 Å². The molecule has 0 fully saturated rings. The van der Waals surface area contributed by atoms with Crippen molar-refractivity contribution in [3.05, 3.63) is 59.4 Å². The van der Waals surface area contributed by atoms with Gasteiger partial charge in [-0.15, -0.1) is 0 Å². The molecule has 0 radical (unpaired) electrons. The Kier molecular flexibility index (Phi) is 5.27. The molecule has 1 unspecified atom stereocenters. The summed E-state index contributed by atoms with van der Waals surface area (Å²) >= 11 is 0. The quantitative estimate of drug-likeness (QED) is 0.608. The van der Waals surface area contributed by atoms with Crippen LogP contribution >= 0.6 is 0 Å². The molecule has 1 atom stereocenters. The lowest BCUT2D eigenvalue weighted by Crippen LogP contribution is -2.20. The van der Waals surface area contributed by atoms with Crippen LogP contribution in [-0.2, 0) is 16.0 Å². The van der Waals surface area contributed by atoms with Gasteiger partial charge in [0.15, 0.2) is 9.84 Å². The van der Waals surface area contributed by atoms with E-state index in [-0.39, 0.29) is 22.6 Å². The van der Waals surface area contributed by atoms with Gasteiger partial charge in [0.1, 0.15) is 0 Å². The summed E-state index contributed by atoms with van der Waals surface area (Å²) in [6.07, 6.45) is -8.26. The highest BCUT2D eigenvalue weighted by molar-refractivity contribution is 7.90.